The Morgan fingerprint density at radius 3 is 2.76 bits per heavy atom. The third-order valence-electron chi connectivity index (χ3n) is 5.09. The van der Waals surface area contributed by atoms with Crippen LogP contribution in [0.15, 0.2) is 22.7 Å². The van der Waals surface area contributed by atoms with Gasteiger partial charge in [-0.3, -0.25) is 0 Å². The van der Waals surface area contributed by atoms with Gasteiger partial charge in [-0.25, -0.2) is 0 Å². The number of aromatic nitrogens is 1. The number of anilines is 1. The van der Waals surface area contributed by atoms with E-state index >= 15 is 0 Å². The van der Waals surface area contributed by atoms with Crippen molar-refractivity contribution >= 4 is 5.88 Å². The van der Waals surface area contributed by atoms with Gasteiger partial charge in [-0.1, -0.05) is 23.2 Å². The summed E-state index contributed by atoms with van der Waals surface area (Å²) in [4.78, 5) is 0. The van der Waals surface area contributed by atoms with Crippen molar-refractivity contribution in [2.24, 2.45) is 11.8 Å². The average molecular weight is 284 g/mol. The number of fused-ring (bicyclic) bond motifs is 1. The van der Waals surface area contributed by atoms with Crippen molar-refractivity contribution in [1.82, 2.24) is 5.16 Å². The minimum atomic E-state index is 0.402. The summed E-state index contributed by atoms with van der Waals surface area (Å²) in [6, 6.07) is 6.12. The Morgan fingerprint density at radius 2 is 2.05 bits per heavy atom. The monoisotopic (exact) mass is 284 g/mol. The lowest BCUT2D eigenvalue weighted by atomic mass is 9.97. The molecule has 4 heteroatoms. The van der Waals surface area contributed by atoms with Crippen LogP contribution in [0.3, 0.4) is 0 Å². The summed E-state index contributed by atoms with van der Waals surface area (Å²) in [5, 5.41) is 4.29. The van der Waals surface area contributed by atoms with Gasteiger partial charge in [0, 0.05) is 11.5 Å². The van der Waals surface area contributed by atoms with Crippen LogP contribution in [-0.2, 0) is 0 Å². The zero-order valence-electron chi connectivity index (χ0n) is 12.4. The summed E-state index contributed by atoms with van der Waals surface area (Å²) in [5.74, 6) is 3.31. The highest BCUT2D eigenvalue weighted by Crippen LogP contribution is 2.64. The van der Waals surface area contributed by atoms with Crippen LogP contribution in [0, 0.1) is 18.8 Å². The second-order valence-corrected chi connectivity index (χ2v) is 6.30. The number of ether oxygens (including phenoxy) is 1. The third-order valence-corrected chi connectivity index (χ3v) is 5.09. The molecular weight excluding hydrogens is 264 g/mol. The van der Waals surface area contributed by atoms with Crippen molar-refractivity contribution in [1.29, 1.82) is 0 Å². The molecule has 1 heterocycles. The quantitative estimate of drug-likeness (QED) is 0.932. The Balaban J connectivity index is 1.82. The van der Waals surface area contributed by atoms with Crippen LogP contribution in [0.5, 0.6) is 5.75 Å². The molecule has 110 valence electrons. The molecule has 2 aliphatic rings. The fourth-order valence-corrected chi connectivity index (χ4v) is 4.06. The number of nitrogen functional groups attached to an aromatic ring is 1. The summed E-state index contributed by atoms with van der Waals surface area (Å²) in [5.41, 5.74) is 10.2. The van der Waals surface area contributed by atoms with E-state index in [1.165, 1.54) is 24.8 Å². The maximum Gasteiger partial charge on any atom is 0.230 e. The number of rotatable bonds is 3. The molecule has 0 radical (unpaired) electrons. The standard InChI is InChI=1S/C17H20N2O2/c1-9-6-7-13(20-2)12(8-9)15-16(19-21-17(15)18)14-10-4-3-5-11(10)14/h6-8,10-11,14H,3-5,18H2,1-2H3. The number of aryl methyl sites for hydroxylation is 1. The van der Waals surface area contributed by atoms with Crippen molar-refractivity contribution in [3.05, 3.63) is 29.5 Å². The number of hydrogen-bond donors (Lipinski definition) is 1. The largest absolute Gasteiger partial charge is 0.496 e. The Kier molecular flexibility index (Phi) is 2.74. The number of hydrogen-bond acceptors (Lipinski definition) is 4. The summed E-state index contributed by atoms with van der Waals surface area (Å²) >= 11 is 0. The maximum atomic E-state index is 6.08. The van der Waals surface area contributed by atoms with Gasteiger partial charge in [-0.2, -0.15) is 0 Å². The fourth-order valence-electron chi connectivity index (χ4n) is 4.06. The van der Waals surface area contributed by atoms with E-state index in [9.17, 15) is 0 Å². The van der Waals surface area contributed by atoms with E-state index in [2.05, 4.69) is 18.1 Å². The first-order valence-electron chi connectivity index (χ1n) is 7.60. The molecule has 2 aromatic rings. The molecule has 4 nitrogen and oxygen atoms in total. The number of nitrogens with two attached hydrogens (primary N) is 1. The topological polar surface area (TPSA) is 61.3 Å². The molecule has 0 spiro atoms. The van der Waals surface area contributed by atoms with Crippen molar-refractivity contribution in [3.63, 3.8) is 0 Å². The first-order valence-corrected chi connectivity index (χ1v) is 7.60. The normalized spacial score (nSPS) is 26.7. The van der Waals surface area contributed by atoms with Gasteiger partial charge in [-0.05, 0) is 43.7 Å². The van der Waals surface area contributed by atoms with Gasteiger partial charge in [0.05, 0.1) is 18.4 Å². The molecule has 0 amide bonds. The SMILES string of the molecule is COc1ccc(C)cc1-c1c(C2C3CCCC32)noc1N. The number of methoxy groups -OCH3 is 1. The van der Waals surface area contributed by atoms with Gasteiger partial charge < -0.3 is 15.0 Å². The van der Waals surface area contributed by atoms with E-state index in [-0.39, 0.29) is 0 Å². The van der Waals surface area contributed by atoms with Gasteiger partial charge in [-0.15, -0.1) is 0 Å². The Hall–Kier alpha value is -1.97. The highest BCUT2D eigenvalue weighted by atomic mass is 16.5. The van der Waals surface area contributed by atoms with E-state index in [1.807, 2.05) is 12.1 Å². The molecule has 2 atom stereocenters. The van der Waals surface area contributed by atoms with Gasteiger partial charge >= 0.3 is 0 Å². The summed E-state index contributed by atoms with van der Waals surface area (Å²) in [6.07, 6.45) is 3.97. The molecule has 2 N–H and O–H groups in total. The van der Waals surface area contributed by atoms with Gasteiger partial charge in [0.25, 0.3) is 0 Å². The van der Waals surface area contributed by atoms with E-state index in [0.29, 0.717) is 11.8 Å². The Morgan fingerprint density at radius 1 is 1.29 bits per heavy atom. The molecule has 1 aromatic heterocycles. The number of nitrogens with zero attached hydrogens (tertiary/aromatic N) is 1. The van der Waals surface area contributed by atoms with Crippen LogP contribution < -0.4 is 10.5 Å². The van der Waals surface area contributed by atoms with Crippen LogP contribution >= 0.6 is 0 Å². The molecule has 2 aliphatic carbocycles. The van der Waals surface area contributed by atoms with Gasteiger partial charge in [0.2, 0.25) is 5.88 Å². The van der Waals surface area contributed by atoms with Crippen molar-refractivity contribution in [2.75, 3.05) is 12.8 Å². The Labute approximate surface area is 124 Å². The molecule has 21 heavy (non-hydrogen) atoms. The van der Waals surface area contributed by atoms with Crippen LogP contribution in [0.2, 0.25) is 0 Å². The first kappa shape index (κ1) is 12.7. The van der Waals surface area contributed by atoms with Crippen molar-refractivity contribution in [2.45, 2.75) is 32.1 Å². The number of benzene rings is 1. The van der Waals surface area contributed by atoms with E-state index in [4.69, 9.17) is 15.0 Å². The fraction of sp³-hybridized carbons (Fsp3) is 0.471. The minimum absolute atomic E-state index is 0.402. The summed E-state index contributed by atoms with van der Waals surface area (Å²) in [7, 11) is 1.68. The predicted octanol–water partition coefficient (Wildman–Crippen LogP) is 3.75. The zero-order valence-corrected chi connectivity index (χ0v) is 12.4. The summed E-state index contributed by atoms with van der Waals surface area (Å²) in [6.45, 7) is 2.07. The molecule has 2 saturated carbocycles. The lowest BCUT2D eigenvalue weighted by Gasteiger charge is -2.10. The molecule has 0 saturated heterocycles. The van der Waals surface area contributed by atoms with E-state index < -0.39 is 0 Å². The van der Waals surface area contributed by atoms with E-state index in [0.717, 1.165) is 34.4 Å². The van der Waals surface area contributed by atoms with E-state index in [1.54, 1.807) is 7.11 Å². The van der Waals surface area contributed by atoms with Gasteiger partial charge in [0.15, 0.2) is 0 Å². The Bertz CT molecular complexity index is 682. The van der Waals surface area contributed by atoms with Crippen LogP contribution in [0.4, 0.5) is 5.88 Å². The highest BCUT2D eigenvalue weighted by molar-refractivity contribution is 5.81. The second kappa shape index (κ2) is 4.52. The van der Waals surface area contributed by atoms with Crippen LogP contribution in [0.1, 0.15) is 36.4 Å². The maximum absolute atomic E-state index is 6.08. The molecule has 0 bridgehead atoms. The molecular formula is C17H20N2O2. The smallest absolute Gasteiger partial charge is 0.230 e. The zero-order chi connectivity index (χ0) is 14.6. The van der Waals surface area contributed by atoms with Crippen molar-refractivity contribution in [3.8, 4) is 16.9 Å². The average Bonchev–Trinajstić information content (AvgIpc) is 2.85. The molecule has 2 unspecified atom stereocenters. The second-order valence-electron chi connectivity index (χ2n) is 6.30. The first-order chi connectivity index (χ1) is 10.2. The van der Waals surface area contributed by atoms with Crippen LogP contribution in [-0.4, -0.2) is 12.3 Å². The van der Waals surface area contributed by atoms with Gasteiger partial charge in [0.1, 0.15) is 5.75 Å². The lowest BCUT2D eigenvalue weighted by molar-refractivity contribution is 0.416. The molecule has 2 fully saturated rings. The van der Waals surface area contributed by atoms with Crippen molar-refractivity contribution < 1.29 is 9.26 Å². The molecule has 1 aromatic carbocycles. The predicted molar refractivity (Wildman–Crippen MR) is 81.2 cm³/mol. The molecule has 0 aliphatic heterocycles. The lowest BCUT2D eigenvalue weighted by Crippen LogP contribution is -1.96. The molecule has 4 rings (SSSR count). The summed E-state index contributed by atoms with van der Waals surface area (Å²) < 4.78 is 10.8. The highest BCUT2D eigenvalue weighted by Gasteiger charge is 2.55. The third kappa shape index (κ3) is 1.85. The minimum Gasteiger partial charge on any atom is -0.496 e. The van der Waals surface area contributed by atoms with Crippen LogP contribution in [0.25, 0.3) is 11.1 Å².